The second-order valence-corrected chi connectivity index (χ2v) is 3.53. The monoisotopic (exact) mass is 178 g/mol. The van der Waals surface area contributed by atoms with Gasteiger partial charge in [-0.3, -0.25) is 4.79 Å². The van der Waals surface area contributed by atoms with Crippen LogP contribution in [0.5, 0.6) is 5.75 Å². The Morgan fingerprint density at radius 2 is 1.92 bits per heavy atom. The molecule has 70 valence electrons. The van der Waals surface area contributed by atoms with Crippen LogP contribution in [0.15, 0.2) is 23.0 Å². The highest BCUT2D eigenvalue weighted by atomic mass is 16.3. The summed E-state index contributed by atoms with van der Waals surface area (Å²) in [6.07, 6.45) is 0. The van der Waals surface area contributed by atoms with Crippen molar-refractivity contribution >= 4 is 0 Å². The van der Waals surface area contributed by atoms with Crippen molar-refractivity contribution in [2.24, 2.45) is 0 Å². The topological polar surface area (TPSA) is 37.3 Å². The van der Waals surface area contributed by atoms with Gasteiger partial charge < -0.3 is 5.11 Å². The average molecular weight is 178 g/mol. The van der Waals surface area contributed by atoms with Crippen LogP contribution in [0.25, 0.3) is 0 Å². The molecule has 0 radical (unpaired) electrons. The molecule has 0 aliphatic heterocycles. The Kier molecular flexibility index (Phi) is 2.71. The highest BCUT2D eigenvalue weighted by molar-refractivity contribution is 5.30. The van der Waals surface area contributed by atoms with E-state index in [9.17, 15) is 9.90 Å². The highest BCUT2D eigenvalue weighted by Gasteiger charge is 2.02. The first-order valence-electron chi connectivity index (χ1n) is 4.36. The van der Waals surface area contributed by atoms with Gasteiger partial charge in [-0.2, -0.15) is 0 Å². The fourth-order valence-corrected chi connectivity index (χ4v) is 1.18. The number of hydrogen-bond donors (Lipinski definition) is 1. The Morgan fingerprint density at radius 1 is 1.31 bits per heavy atom. The lowest BCUT2D eigenvalue weighted by atomic mass is 10.0. The van der Waals surface area contributed by atoms with Crippen molar-refractivity contribution in [1.29, 1.82) is 0 Å². The van der Waals surface area contributed by atoms with Crippen LogP contribution in [0, 0.1) is 6.92 Å². The van der Waals surface area contributed by atoms with Gasteiger partial charge in [0.1, 0.15) is 0 Å². The first-order valence-corrected chi connectivity index (χ1v) is 4.36. The van der Waals surface area contributed by atoms with Crippen LogP contribution in [-0.2, 0) is 0 Å². The van der Waals surface area contributed by atoms with Crippen LogP contribution in [0.1, 0.15) is 30.9 Å². The molecule has 0 atom stereocenters. The van der Waals surface area contributed by atoms with E-state index in [0.29, 0.717) is 11.5 Å². The Bertz CT molecular complexity index is 367. The summed E-state index contributed by atoms with van der Waals surface area (Å²) in [5.41, 5.74) is 1.37. The van der Waals surface area contributed by atoms with Crippen LogP contribution in [0.4, 0.5) is 0 Å². The predicted octanol–water partition coefficient (Wildman–Crippen LogP) is 2.18. The van der Waals surface area contributed by atoms with E-state index in [0.717, 1.165) is 5.56 Å². The molecule has 0 fully saturated rings. The Morgan fingerprint density at radius 3 is 2.46 bits per heavy atom. The number of aromatic hydroxyl groups is 1. The molecule has 0 heterocycles. The molecule has 0 saturated heterocycles. The summed E-state index contributed by atoms with van der Waals surface area (Å²) in [6, 6.07) is 5.08. The minimum atomic E-state index is -0.285. The first kappa shape index (κ1) is 9.78. The summed E-state index contributed by atoms with van der Waals surface area (Å²) < 4.78 is 0. The van der Waals surface area contributed by atoms with Crippen molar-refractivity contribution < 1.29 is 5.11 Å². The van der Waals surface area contributed by atoms with E-state index in [-0.39, 0.29) is 11.2 Å². The van der Waals surface area contributed by atoms with Gasteiger partial charge in [-0.1, -0.05) is 26.0 Å². The van der Waals surface area contributed by atoms with Gasteiger partial charge in [0.2, 0.25) is 5.43 Å². The second-order valence-electron chi connectivity index (χ2n) is 3.53. The van der Waals surface area contributed by atoms with Crippen LogP contribution in [0.2, 0.25) is 0 Å². The van der Waals surface area contributed by atoms with Gasteiger partial charge in [-0.05, 0) is 24.5 Å². The Hall–Kier alpha value is -1.31. The van der Waals surface area contributed by atoms with Gasteiger partial charge in [-0.25, -0.2) is 0 Å². The molecule has 0 spiro atoms. The maximum absolute atomic E-state index is 11.3. The first-order chi connectivity index (χ1) is 6.02. The third kappa shape index (κ3) is 2.08. The van der Waals surface area contributed by atoms with E-state index in [1.54, 1.807) is 13.0 Å². The molecule has 2 heteroatoms. The Balaban J connectivity index is 3.43. The summed E-state index contributed by atoms with van der Waals surface area (Å²) in [4.78, 5) is 11.3. The SMILES string of the molecule is Cc1cc(C(C)C)ccc(O)c1=O. The zero-order valence-corrected chi connectivity index (χ0v) is 8.16. The lowest BCUT2D eigenvalue weighted by molar-refractivity contribution is 0.470. The standard InChI is InChI=1S/C11H14O2/c1-7(2)9-4-5-10(12)11(13)8(3)6-9/h4-7H,1-3H3,(H,12,13). The normalized spacial score (nSPS) is 10.5. The molecular weight excluding hydrogens is 164 g/mol. The molecule has 0 bridgehead atoms. The molecule has 0 saturated carbocycles. The third-order valence-electron chi connectivity index (χ3n) is 2.07. The molecule has 0 unspecified atom stereocenters. The van der Waals surface area contributed by atoms with Gasteiger partial charge in [0.15, 0.2) is 5.75 Å². The van der Waals surface area contributed by atoms with E-state index in [4.69, 9.17) is 0 Å². The quantitative estimate of drug-likeness (QED) is 0.715. The maximum Gasteiger partial charge on any atom is 0.223 e. The van der Waals surface area contributed by atoms with Crippen LogP contribution < -0.4 is 5.43 Å². The number of rotatable bonds is 1. The van der Waals surface area contributed by atoms with Crippen molar-refractivity contribution in [3.63, 3.8) is 0 Å². The summed E-state index contributed by atoms with van der Waals surface area (Å²) in [6.45, 7) is 5.82. The molecule has 1 rings (SSSR count). The largest absolute Gasteiger partial charge is 0.504 e. The lowest BCUT2D eigenvalue weighted by Gasteiger charge is -2.00. The fourth-order valence-electron chi connectivity index (χ4n) is 1.18. The van der Waals surface area contributed by atoms with E-state index < -0.39 is 0 Å². The molecule has 0 aromatic heterocycles. The van der Waals surface area contributed by atoms with Crippen molar-refractivity contribution in [2.45, 2.75) is 26.7 Å². The average Bonchev–Trinajstić information content (AvgIpc) is 2.19. The fraction of sp³-hybridized carbons (Fsp3) is 0.364. The second kappa shape index (κ2) is 3.60. The van der Waals surface area contributed by atoms with Gasteiger partial charge in [0.05, 0.1) is 0 Å². The van der Waals surface area contributed by atoms with E-state index in [1.807, 2.05) is 6.07 Å². The van der Waals surface area contributed by atoms with Crippen molar-refractivity contribution in [1.82, 2.24) is 0 Å². The van der Waals surface area contributed by atoms with E-state index >= 15 is 0 Å². The molecule has 2 nitrogen and oxygen atoms in total. The minimum absolute atomic E-state index is 0.176. The zero-order chi connectivity index (χ0) is 10.0. The molecule has 0 aliphatic rings. The van der Waals surface area contributed by atoms with Gasteiger partial charge >= 0.3 is 0 Å². The molecule has 13 heavy (non-hydrogen) atoms. The smallest absolute Gasteiger partial charge is 0.223 e. The molecule has 1 N–H and O–H groups in total. The lowest BCUT2D eigenvalue weighted by Crippen LogP contribution is -1.99. The highest BCUT2D eigenvalue weighted by Crippen LogP contribution is 2.14. The number of hydrogen-bond acceptors (Lipinski definition) is 2. The summed E-state index contributed by atoms with van der Waals surface area (Å²) in [5.74, 6) is 0.189. The summed E-state index contributed by atoms with van der Waals surface area (Å²) in [7, 11) is 0. The minimum Gasteiger partial charge on any atom is -0.504 e. The molecular formula is C11H14O2. The number of aryl methyl sites for hydroxylation is 1. The van der Waals surface area contributed by atoms with E-state index in [2.05, 4.69) is 13.8 Å². The summed E-state index contributed by atoms with van der Waals surface area (Å²) >= 11 is 0. The third-order valence-corrected chi connectivity index (χ3v) is 2.07. The molecule has 1 aromatic carbocycles. The van der Waals surface area contributed by atoms with Crippen molar-refractivity contribution in [3.05, 3.63) is 39.5 Å². The van der Waals surface area contributed by atoms with Crippen LogP contribution in [-0.4, -0.2) is 5.11 Å². The summed E-state index contributed by atoms with van der Waals surface area (Å²) in [5, 5.41) is 9.25. The zero-order valence-electron chi connectivity index (χ0n) is 8.16. The predicted molar refractivity (Wildman–Crippen MR) is 53.2 cm³/mol. The molecule has 1 aromatic rings. The van der Waals surface area contributed by atoms with Crippen LogP contribution >= 0.6 is 0 Å². The molecule has 0 amide bonds. The van der Waals surface area contributed by atoms with Crippen LogP contribution in [0.3, 0.4) is 0 Å². The maximum atomic E-state index is 11.3. The van der Waals surface area contributed by atoms with Gasteiger partial charge in [-0.15, -0.1) is 0 Å². The molecule has 0 aliphatic carbocycles. The van der Waals surface area contributed by atoms with Gasteiger partial charge in [0, 0.05) is 5.56 Å². The Labute approximate surface area is 77.9 Å². The van der Waals surface area contributed by atoms with Gasteiger partial charge in [0.25, 0.3) is 0 Å². The van der Waals surface area contributed by atoms with Crippen molar-refractivity contribution in [3.8, 4) is 5.75 Å². The van der Waals surface area contributed by atoms with E-state index in [1.165, 1.54) is 6.07 Å². The van der Waals surface area contributed by atoms with Crippen molar-refractivity contribution in [2.75, 3.05) is 0 Å².